The molecule has 1 N–H and O–H groups in total. The second-order valence-electron chi connectivity index (χ2n) is 10.3. The van der Waals surface area contributed by atoms with Crippen molar-refractivity contribution in [1.82, 2.24) is 4.90 Å². The number of hydrogen-bond acceptors (Lipinski definition) is 3. The third-order valence-corrected chi connectivity index (χ3v) is 8.34. The number of carboxylic acid groups (broad SMARTS) is 1. The van der Waals surface area contributed by atoms with Crippen LogP contribution in [0.25, 0.3) is 11.1 Å². The third kappa shape index (κ3) is 4.84. The molecule has 0 spiro atoms. The Morgan fingerprint density at radius 1 is 1.06 bits per heavy atom. The summed E-state index contributed by atoms with van der Waals surface area (Å²) in [6.45, 7) is 13.3. The molecule has 2 aliphatic heterocycles. The van der Waals surface area contributed by atoms with Crippen LogP contribution >= 0.6 is 0 Å². The average Bonchev–Trinajstić information content (AvgIpc) is 3.07. The van der Waals surface area contributed by atoms with Crippen molar-refractivity contribution in [2.24, 2.45) is 0 Å². The van der Waals surface area contributed by atoms with Gasteiger partial charge in [-0.3, -0.25) is 9.69 Å². The highest BCUT2D eigenvalue weighted by atomic mass is 19.1. The Bertz CT molecular complexity index is 1120. The fraction of sp³-hybridized carbons (Fsp3) is 0.567. The van der Waals surface area contributed by atoms with Crippen LogP contribution in [0.1, 0.15) is 78.5 Å². The molecule has 0 saturated carbocycles. The van der Waals surface area contributed by atoms with Gasteiger partial charge in [0.15, 0.2) is 11.6 Å². The summed E-state index contributed by atoms with van der Waals surface area (Å²) in [4.78, 5) is 14.6. The van der Waals surface area contributed by atoms with E-state index in [-0.39, 0.29) is 12.2 Å². The van der Waals surface area contributed by atoms with E-state index in [0.717, 1.165) is 84.1 Å². The molecule has 2 heterocycles. The number of nitrogens with zero attached hydrogens (tertiary/aromatic N) is 1. The lowest BCUT2D eigenvalue weighted by Gasteiger charge is -2.29. The summed E-state index contributed by atoms with van der Waals surface area (Å²) in [5, 5.41) is 9.83. The van der Waals surface area contributed by atoms with Gasteiger partial charge in [-0.1, -0.05) is 20.3 Å². The minimum Gasteiger partial charge on any atom is -0.490 e. The van der Waals surface area contributed by atoms with E-state index in [0.29, 0.717) is 18.4 Å². The van der Waals surface area contributed by atoms with Gasteiger partial charge in [0.25, 0.3) is 0 Å². The zero-order valence-electron chi connectivity index (χ0n) is 22.0. The lowest BCUT2D eigenvalue weighted by Crippen LogP contribution is -2.36. The van der Waals surface area contributed by atoms with E-state index in [1.54, 1.807) is 6.07 Å². The van der Waals surface area contributed by atoms with Crippen molar-refractivity contribution in [3.8, 4) is 16.9 Å². The highest BCUT2D eigenvalue weighted by molar-refractivity contribution is 5.83. The molecular weight excluding hydrogens is 441 g/mol. The normalized spacial score (nSPS) is 16.7. The van der Waals surface area contributed by atoms with Crippen LogP contribution in [-0.2, 0) is 30.5 Å². The SMILES string of the molecule is CCCC(CC)N1CCc2c(C)c(CC(=O)O)c(-c3cc(F)c4c(c3C)CCCO4)c(C)c2CC1. The van der Waals surface area contributed by atoms with Crippen LogP contribution in [0.2, 0.25) is 0 Å². The Morgan fingerprint density at radius 3 is 2.37 bits per heavy atom. The summed E-state index contributed by atoms with van der Waals surface area (Å²) in [5.74, 6) is -0.818. The van der Waals surface area contributed by atoms with Gasteiger partial charge < -0.3 is 9.84 Å². The first-order valence-electron chi connectivity index (χ1n) is 13.3. The molecule has 0 fully saturated rings. The highest BCUT2D eigenvalue weighted by Crippen LogP contribution is 2.43. The Balaban J connectivity index is 1.88. The molecule has 4 rings (SSSR count). The average molecular weight is 482 g/mol. The number of benzene rings is 2. The molecule has 2 aromatic carbocycles. The summed E-state index contributed by atoms with van der Waals surface area (Å²) >= 11 is 0. The molecule has 1 unspecified atom stereocenters. The molecule has 0 bridgehead atoms. The Labute approximate surface area is 209 Å². The number of carboxylic acids is 1. The second-order valence-corrected chi connectivity index (χ2v) is 10.3. The van der Waals surface area contributed by atoms with E-state index in [2.05, 4.69) is 32.6 Å². The van der Waals surface area contributed by atoms with Crippen LogP contribution in [0.5, 0.6) is 5.75 Å². The molecule has 0 saturated heterocycles. The van der Waals surface area contributed by atoms with Crippen molar-refractivity contribution >= 4 is 5.97 Å². The highest BCUT2D eigenvalue weighted by Gasteiger charge is 2.29. The number of rotatable bonds is 7. The first-order valence-corrected chi connectivity index (χ1v) is 13.3. The number of ether oxygens (including phenoxy) is 1. The predicted octanol–water partition coefficient (Wildman–Crippen LogP) is 6.35. The maximum Gasteiger partial charge on any atom is 0.307 e. The van der Waals surface area contributed by atoms with Gasteiger partial charge in [-0.05, 0) is 110 Å². The largest absolute Gasteiger partial charge is 0.490 e. The summed E-state index contributed by atoms with van der Waals surface area (Å²) in [6.07, 6.45) is 7.00. The zero-order valence-corrected chi connectivity index (χ0v) is 22.0. The van der Waals surface area contributed by atoms with Crippen LogP contribution in [0.3, 0.4) is 0 Å². The lowest BCUT2D eigenvalue weighted by atomic mass is 9.80. The summed E-state index contributed by atoms with van der Waals surface area (Å²) < 4.78 is 20.9. The van der Waals surface area contributed by atoms with E-state index in [4.69, 9.17) is 4.74 Å². The van der Waals surface area contributed by atoms with Gasteiger partial charge in [-0.25, -0.2) is 4.39 Å². The number of halogens is 1. The molecule has 35 heavy (non-hydrogen) atoms. The number of hydrogen-bond donors (Lipinski definition) is 1. The maximum atomic E-state index is 15.2. The minimum atomic E-state index is -0.850. The van der Waals surface area contributed by atoms with Gasteiger partial charge in [-0.2, -0.15) is 0 Å². The standard InChI is InChI=1S/C30H40FNO3/c1-6-9-21(7-2)32-13-11-22-18(3)26(17-28(33)34)29(20(5)23(22)12-14-32)25-16-27(31)30-24(19(25)4)10-8-15-35-30/h16,21H,6-15,17H2,1-5H3,(H,33,34). The van der Waals surface area contributed by atoms with E-state index >= 15 is 4.39 Å². The van der Waals surface area contributed by atoms with Crippen molar-refractivity contribution in [3.63, 3.8) is 0 Å². The molecule has 2 aromatic rings. The number of fused-ring (bicyclic) bond motifs is 2. The van der Waals surface area contributed by atoms with Crippen molar-refractivity contribution in [3.05, 3.63) is 50.8 Å². The summed E-state index contributed by atoms with van der Waals surface area (Å²) in [5.41, 5.74) is 9.34. The van der Waals surface area contributed by atoms with Crippen LogP contribution in [0, 0.1) is 26.6 Å². The van der Waals surface area contributed by atoms with E-state index < -0.39 is 5.97 Å². The first-order chi connectivity index (χ1) is 16.8. The molecule has 2 aliphatic rings. The van der Waals surface area contributed by atoms with Crippen LogP contribution in [0.4, 0.5) is 4.39 Å². The molecule has 0 amide bonds. The lowest BCUT2D eigenvalue weighted by molar-refractivity contribution is -0.136. The summed E-state index contributed by atoms with van der Waals surface area (Å²) in [7, 11) is 0. The molecule has 0 aromatic heterocycles. The molecule has 4 nitrogen and oxygen atoms in total. The van der Waals surface area contributed by atoms with Crippen molar-refractivity contribution < 1.29 is 19.0 Å². The van der Waals surface area contributed by atoms with Crippen LogP contribution < -0.4 is 4.74 Å². The zero-order chi connectivity index (χ0) is 25.3. The van der Waals surface area contributed by atoms with Gasteiger partial charge in [0.2, 0.25) is 0 Å². The third-order valence-electron chi connectivity index (χ3n) is 8.34. The topological polar surface area (TPSA) is 49.8 Å². The maximum absolute atomic E-state index is 15.2. The molecule has 0 radical (unpaired) electrons. The fourth-order valence-electron chi connectivity index (χ4n) is 6.50. The van der Waals surface area contributed by atoms with E-state index in [9.17, 15) is 9.90 Å². The second kappa shape index (κ2) is 10.7. The molecular formula is C30H40FNO3. The quantitative estimate of drug-likeness (QED) is 0.501. The van der Waals surface area contributed by atoms with Crippen molar-refractivity contribution in [1.29, 1.82) is 0 Å². The predicted molar refractivity (Wildman–Crippen MR) is 139 cm³/mol. The molecule has 5 heteroatoms. The summed E-state index contributed by atoms with van der Waals surface area (Å²) in [6, 6.07) is 2.17. The number of carbonyl (C=O) groups is 1. The van der Waals surface area contributed by atoms with Gasteiger partial charge >= 0.3 is 5.97 Å². The van der Waals surface area contributed by atoms with Crippen molar-refractivity contribution in [2.75, 3.05) is 19.7 Å². The monoisotopic (exact) mass is 481 g/mol. The molecule has 190 valence electrons. The van der Waals surface area contributed by atoms with E-state index in [1.165, 1.54) is 24.0 Å². The molecule has 0 aliphatic carbocycles. The number of aliphatic carboxylic acids is 1. The minimum absolute atomic E-state index is 0.0545. The van der Waals surface area contributed by atoms with Gasteiger partial charge in [0, 0.05) is 24.7 Å². The van der Waals surface area contributed by atoms with Gasteiger partial charge in [0.1, 0.15) is 0 Å². The van der Waals surface area contributed by atoms with Crippen molar-refractivity contribution in [2.45, 2.75) is 92.0 Å². The van der Waals surface area contributed by atoms with E-state index in [1.807, 2.05) is 6.92 Å². The first kappa shape index (κ1) is 25.7. The fourth-order valence-corrected chi connectivity index (χ4v) is 6.50. The van der Waals surface area contributed by atoms with Crippen LogP contribution in [-0.4, -0.2) is 41.7 Å². The smallest absolute Gasteiger partial charge is 0.307 e. The Morgan fingerprint density at radius 2 is 1.74 bits per heavy atom. The van der Waals surface area contributed by atoms with Crippen LogP contribution in [0.15, 0.2) is 6.07 Å². The van der Waals surface area contributed by atoms with Gasteiger partial charge in [0.05, 0.1) is 13.0 Å². The van der Waals surface area contributed by atoms with Gasteiger partial charge in [-0.15, -0.1) is 0 Å². The Hall–Kier alpha value is -2.40. The molecule has 1 atom stereocenters. The Kier molecular flexibility index (Phi) is 7.85.